The summed E-state index contributed by atoms with van der Waals surface area (Å²) in [5.74, 6) is 0.464. The molecule has 108 valence electrons. The summed E-state index contributed by atoms with van der Waals surface area (Å²) < 4.78 is 5.17. The first-order valence-electron chi connectivity index (χ1n) is 6.07. The van der Waals surface area contributed by atoms with Crippen LogP contribution in [0.3, 0.4) is 0 Å². The van der Waals surface area contributed by atoms with Crippen LogP contribution in [0.15, 0.2) is 22.2 Å². The van der Waals surface area contributed by atoms with E-state index in [0.29, 0.717) is 21.0 Å². The lowest BCUT2D eigenvalue weighted by Crippen LogP contribution is -1.94. The zero-order valence-corrected chi connectivity index (χ0v) is 12.9. The third-order valence-electron chi connectivity index (χ3n) is 3.08. The van der Waals surface area contributed by atoms with Crippen molar-refractivity contribution in [2.24, 2.45) is 0 Å². The topological polar surface area (TPSA) is 89.1 Å². The fraction of sp³-hybridized carbons (Fsp3) is 0.231. The maximum absolute atomic E-state index is 11.2. The molecule has 3 heterocycles. The van der Waals surface area contributed by atoms with Gasteiger partial charge >= 0.3 is 5.97 Å². The minimum atomic E-state index is -0.932. The standard InChI is InChI=1S/C13H11N3O3S2/c1-6-9-11(20-3-8-7(2)19-5-16-8)14-4-15-12(9)21-10(6)13(17)18/h4-5H,3H2,1-2H3,(H,17,18). The molecule has 6 nitrogen and oxygen atoms in total. The van der Waals surface area contributed by atoms with Crippen LogP contribution in [0.5, 0.6) is 0 Å². The van der Waals surface area contributed by atoms with Crippen LogP contribution >= 0.6 is 23.1 Å². The van der Waals surface area contributed by atoms with Crippen LogP contribution in [0.25, 0.3) is 10.2 Å². The summed E-state index contributed by atoms with van der Waals surface area (Å²) in [6.07, 6.45) is 2.88. The maximum Gasteiger partial charge on any atom is 0.346 e. The van der Waals surface area contributed by atoms with Crippen molar-refractivity contribution in [3.05, 3.63) is 34.6 Å². The second kappa shape index (κ2) is 5.45. The van der Waals surface area contributed by atoms with Gasteiger partial charge in [-0.05, 0) is 19.4 Å². The minimum Gasteiger partial charge on any atom is -0.477 e. The van der Waals surface area contributed by atoms with E-state index in [4.69, 9.17) is 4.42 Å². The number of rotatable bonds is 4. The molecule has 0 aliphatic heterocycles. The van der Waals surface area contributed by atoms with Gasteiger partial charge in [-0.25, -0.2) is 19.7 Å². The molecular formula is C13H11N3O3S2. The molecule has 3 aromatic heterocycles. The van der Waals surface area contributed by atoms with Gasteiger partial charge in [-0.15, -0.1) is 11.3 Å². The molecule has 0 bridgehead atoms. The van der Waals surface area contributed by atoms with Crippen LogP contribution < -0.4 is 0 Å². The molecule has 3 aromatic rings. The molecule has 21 heavy (non-hydrogen) atoms. The molecular weight excluding hydrogens is 310 g/mol. The van der Waals surface area contributed by atoms with Crippen molar-refractivity contribution in [3.63, 3.8) is 0 Å². The minimum absolute atomic E-state index is 0.310. The number of fused-ring (bicyclic) bond motifs is 1. The van der Waals surface area contributed by atoms with Crippen molar-refractivity contribution in [3.8, 4) is 0 Å². The number of carbonyl (C=O) groups is 1. The van der Waals surface area contributed by atoms with Gasteiger partial charge in [0.25, 0.3) is 0 Å². The van der Waals surface area contributed by atoms with Gasteiger partial charge in [0.15, 0.2) is 6.39 Å². The molecule has 8 heteroatoms. The number of aromatic carboxylic acids is 1. The highest BCUT2D eigenvalue weighted by Crippen LogP contribution is 2.36. The molecule has 0 aliphatic rings. The number of carboxylic acid groups (broad SMARTS) is 1. The average Bonchev–Trinajstić information content (AvgIpc) is 3.01. The van der Waals surface area contributed by atoms with E-state index in [1.54, 1.807) is 6.92 Å². The Hall–Kier alpha value is -1.93. The second-order valence-corrected chi connectivity index (χ2v) is 6.33. The van der Waals surface area contributed by atoms with Gasteiger partial charge in [0.2, 0.25) is 0 Å². The highest BCUT2D eigenvalue weighted by molar-refractivity contribution is 7.98. The van der Waals surface area contributed by atoms with E-state index in [9.17, 15) is 9.90 Å². The van der Waals surface area contributed by atoms with Crippen molar-refractivity contribution in [2.75, 3.05) is 0 Å². The SMILES string of the molecule is Cc1ocnc1CSc1ncnc2sc(C(=O)O)c(C)c12. The number of nitrogens with zero attached hydrogens (tertiary/aromatic N) is 3. The van der Waals surface area contributed by atoms with Gasteiger partial charge in [-0.1, -0.05) is 11.8 Å². The Balaban J connectivity index is 1.99. The Labute approximate surface area is 128 Å². The number of thioether (sulfide) groups is 1. The van der Waals surface area contributed by atoms with Gasteiger partial charge in [-0.2, -0.15) is 0 Å². The molecule has 0 saturated carbocycles. The number of hydrogen-bond donors (Lipinski definition) is 1. The molecule has 0 amide bonds. The van der Waals surface area contributed by atoms with E-state index in [0.717, 1.165) is 21.9 Å². The van der Waals surface area contributed by atoms with E-state index in [-0.39, 0.29) is 0 Å². The first-order valence-corrected chi connectivity index (χ1v) is 7.87. The van der Waals surface area contributed by atoms with Crippen molar-refractivity contribution in [1.29, 1.82) is 0 Å². The zero-order chi connectivity index (χ0) is 15.0. The predicted molar refractivity (Wildman–Crippen MR) is 79.9 cm³/mol. The first-order chi connectivity index (χ1) is 10.1. The van der Waals surface area contributed by atoms with Gasteiger partial charge < -0.3 is 9.52 Å². The second-order valence-electron chi connectivity index (χ2n) is 4.36. The van der Waals surface area contributed by atoms with Crippen LogP contribution in [-0.2, 0) is 5.75 Å². The average molecular weight is 321 g/mol. The molecule has 0 fully saturated rings. The normalized spacial score (nSPS) is 11.1. The molecule has 0 aliphatic carbocycles. The molecule has 0 atom stereocenters. The third-order valence-corrected chi connectivity index (χ3v) is 5.26. The third kappa shape index (κ3) is 2.52. The Bertz CT molecular complexity index is 825. The summed E-state index contributed by atoms with van der Waals surface area (Å²) >= 11 is 2.68. The van der Waals surface area contributed by atoms with Gasteiger partial charge in [0.05, 0.1) is 5.69 Å². The lowest BCUT2D eigenvalue weighted by Gasteiger charge is -2.02. The number of carboxylic acids is 1. The van der Waals surface area contributed by atoms with Crippen molar-refractivity contribution in [2.45, 2.75) is 24.6 Å². The summed E-state index contributed by atoms with van der Waals surface area (Å²) in [6, 6.07) is 0. The van der Waals surface area contributed by atoms with E-state index in [2.05, 4.69) is 15.0 Å². The predicted octanol–water partition coefficient (Wildman–Crippen LogP) is 3.29. The quantitative estimate of drug-likeness (QED) is 0.582. The van der Waals surface area contributed by atoms with Gasteiger partial charge in [0.1, 0.15) is 26.8 Å². The lowest BCUT2D eigenvalue weighted by atomic mass is 10.2. The Morgan fingerprint density at radius 2 is 2.19 bits per heavy atom. The van der Waals surface area contributed by atoms with Crippen LogP contribution in [0.1, 0.15) is 26.7 Å². The van der Waals surface area contributed by atoms with Crippen molar-refractivity contribution < 1.29 is 14.3 Å². The molecule has 3 rings (SSSR count). The lowest BCUT2D eigenvalue weighted by molar-refractivity contribution is 0.0701. The Morgan fingerprint density at radius 1 is 1.38 bits per heavy atom. The fourth-order valence-corrected chi connectivity index (χ4v) is 4.08. The summed E-state index contributed by atoms with van der Waals surface area (Å²) in [5, 5.41) is 10.8. The molecule has 0 spiro atoms. The van der Waals surface area contributed by atoms with Crippen LogP contribution in [0, 0.1) is 13.8 Å². The Kier molecular flexibility index (Phi) is 3.64. The number of hydrogen-bond acceptors (Lipinski definition) is 7. The number of oxazole rings is 1. The smallest absolute Gasteiger partial charge is 0.346 e. The van der Waals surface area contributed by atoms with E-state index >= 15 is 0 Å². The molecule has 0 aromatic carbocycles. The molecule has 0 saturated heterocycles. The molecule has 0 unspecified atom stereocenters. The van der Waals surface area contributed by atoms with Crippen LogP contribution in [0.2, 0.25) is 0 Å². The summed E-state index contributed by atoms with van der Waals surface area (Å²) in [6.45, 7) is 3.65. The highest BCUT2D eigenvalue weighted by atomic mass is 32.2. The summed E-state index contributed by atoms with van der Waals surface area (Å²) in [5.41, 5.74) is 1.57. The van der Waals surface area contributed by atoms with E-state index in [1.807, 2.05) is 6.92 Å². The highest BCUT2D eigenvalue weighted by Gasteiger charge is 2.19. The van der Waals surface area contributed by atoms with Crippen molar-refractivity contribution >= 4 is 39.3 Å². The summed E-state index contributed by atoms with van der Waals surface area (Å²) in [7, 11) is 0. The molecule has 1 N–H and O–H groups in total. The van der Waals surface area contributed by atoms with Gasteiger partial charge in [0, 0.05) is 11.1 Å². The largest absolute Gasteiger partial charge is 0.477 e. The number of thiophene rings is 1. The molecule has 0 radical (unpaired) electrons. The van der Waals surface area contributed by atoms with Crippen molar-refractivity contribution in [1.82, 2.24) is 15.0 Å². The van der Waals surface area contributed by atoms with E-state index in [1.165, 1.54) is 35.8 Å². The summed E-state index contributed by atoms with van der Waals surface area (Å²) in [4.78, 5) is 24.8. The first kappa shape index (κ1) is 14.0. The number of aryl methyl sites for hydroxylation is 2. The fourth-order valence-electron chi connectivity index (χ4n) is 1.96. The Morgan fingerprint density at radius 3 is 2.86 bits per heavy atom. The van der Waals surface area contributed by atoms with E-state index < -0.39 is 5.97 Å². The zero-order valence-electron chi connectivity index (χ0n) is 11.3. The maximum atomic E-state index is 11.2. The number of aromatic nitrogens is 3. The van der Waals surface area contributed by atoms with Gasteiger partial charge in [-0.3, -0.25) is 0 Å². The van der Waals surface area contributed by atoms with Crippen LogP contribution in [-0.4, -0.2) is 26.0 Å². The van der Waals surface area contributed by atoms with Crippen LogP contribution in [0.4, 0.5) is 0 Å². The monoisotopic (exact) mass is 321 g/mol.